The molecule has 9 heteroatoms. The molecule has 1 amide bonds. The number of aromatic amines is 1. The van der Waals surface area contributed by atoms with E-state index in [-0.39, 0.29) is 22.9 Å². The fourth-order valence-corrected chi connectivity index (χ4v) is 3.11. The number of aromatic nitrogens is 2. The van der Waals surface area contributed by atoms with Crippen LogP contribution in [0.5, 0.6) is 0 Å². The molecule has 1 aromatic heterocycles. The van der Waals surface area contributed by atoms with Crippen molar-refractivity contribution in [1.82, 2.24) is 9.97 Å². The van der Waals surface area contributed by atoms with Gasteiger partial charge in [0.2, 0.25) is 5.91 Å². The number of aryl methyl sites for hydroxylation is 1. The summed E-state index contributed by atoms with van der Waals surface area (Å²) in [6, 6.07) is 14.9. The Kier molecular flexibility index (Phi) is 5.85. The van der Waals surface area contributed by atoms with Gasteiger partial charge in [0.1, 0.15) is 0 Å². The van der Waals surface area contributed by atoms with Crippen molar-refractivity contribution in [2.24, 2.45) is 0 Å². The van der Waals surface area contributed by atoms with Gasteiger partial charge in [-0.1, -0.05) is 48.2 Å². The normalized spacial score (nSPS) is 10.5. The number of thioether (sulfide) groups is 1. The number of H-pyrrole nitrogens is 1. The Balaban J connectivity index is 1.70. The van der Waals surface area contributed by atoms with Crippen LogP contribution in [0.3, 0.4) is 0 Å². The van der Waals surface area contributed by atoms with Gasteiger partial charge in [-0.15, -0.1) is 0 Å². The topological polar surface area (TPSA) is 118 Å². The number of nitro benzene ring substituents is 1. The van der Waals surface area contributed by atoms with Crippen LogP contribution >= 0.6 is 11.8 Å². The molecule has 142 valence electrons. The van der Waals surface area contributed by atoms with Gasteiger partial charge < -0.3 is 10.3 Å². The van der Waals surface area contributed by atoms with Gasteiger partial charge >= 0.3 is 0 Å². The fraction of sp³-hybridized carbons (Fsp3) is 0.105. The van der Waals surface area contributed by atoms with E-state index in [2.05, 4.69) is 15.3 Å². The molecule has 0 unspecified atom stereocenters. The number of hydrogen-bond donors (Lipinski definition) is 2. The molecule has 2 N–H and O–H groups in total. The van der Waals surface area contributed by atoms with Gasteiger partial charge in [0, 0.05) is 23.8 Å². The quantitative estimate of drug-likeness (QED) is 0.285. The number of non-ortho nitro benzene ring substituents is 1. The third-order valence-electron chi connectivity index (χ3n) is 3.84. The number of carbonyl (C=O) groups is 1. The molecule has 0 radical (unpaired) electrons. The molecule has 3 rings (SSSR count). The van der Waals surface area contributed by atoms with Crippen LogP contribution in [0.2, 0.25) is 0 Å². The molecule has 0 fully saturated rings. The molecule has 3 aromatic rings. The summed E-state index contributed by atoms with van der Waals surface area (Å²) in [6.07, 6.45) is 0. The van der Waals surface area contributed by atoms with Gasteiger partial charge in [0.05, 0.1) is 22.1 Å². The zero-order valence-corrected chi connectivity index (χ0v) is 15.7. The van der Waals surface area contributed by atoms with Gasteiger partial charge in [-0.25, -0.2) is 4.98 Å². The lowest BCUT2D eigenvalue weighted by Crippen LogP contribution is -2.16. The van der Waals surface area contributed by atoms with Crippen molar-refractivity contribution in [3.63, 3.8) is 0 Å². The molecular weight excluding hydrogens is 380 g/mol. The predicted molar refractivity (Wildman–Crippen MR) is 107 cm³/mol. The minimum absolute atomic E-state index is 0.0106. The lowest BCUT2D eigenvalue weighted by molar-refractivity contribution is -0.384. The standard InChI is InChI=1S/C19H16N4O4S/c1-12-7-8-14(23(26)27)9-15(12)20-18(25)11-28-19-21-16(10-17(24)22-19)13-5-3-2-4-6-13/h2-10H,11H2,1H3,(H,20,25)(H,21,22,24). The van der Waals surface area contributed by atoms with Gasteiger partial charge in [-0.2, -0.15) is 0 Å². The zero-order valence-electron chi connectivity index (χ0n) is 14.8. The van der Waals surface area contributed by atoms with E-state index in [1.165, 1.54) is 18.2 Å². The summed E-state index contributed by atoms with van der Waals surface area (Å²) in [6.45, 7) is 1.74. The Labute approximate surface area is 164 Å². The highest BCUT2D eigenvalue weighted by molar-refractivity contribution is 7.99. The van der Waals surface area contributed by atoms with E-state index >= 15 is 0 Å². The highest BCUT2D eigenvalue weighted by atomic mass is 32.2. The van der Waals surface area contributed by atoms with Gasteiger partial charge in [-0.3, -0.25) is 19.7 Å². The van der Waals surface area contributed by atoms with Crippen molar-refractivity contribution in [2.45, 2.75) is 12.1 Å². The summed E-state index contributed by atoms with van der Waals surface area (Å²) in [5.74, 6) is -0.370. The Morgan fingerprint density at radius 1 is 1.21 bits per heavy atom. The maximum atomic E-state index is 12.2. The number of nitrogens with zero attached hydrogens (tertiary/aromatic N) is 2. The lowest BCUT2D eigenvalue weighted by atomic mass is 10.1. The Morgan fingerprint density at radius 2 is 1.96 bits per heavy atom. The van der Waals surface area contributed by atoms with Gasteiger partial charge in [-0.05, 0) is 12.5 Å². The van der Waals surface area contributed by atoms with Crippen molar-refractivity contribution in [3.05, 3.63) is 80.6 Å². The maximum Gasteiger partial charge on any atom is 0.271 e. The molecule has 28 heavy (non-hydrogen) atoms. The van der Waals surface area contributed by atoms with Crippen LogP contribution in [-0.4, -0.2) is 26.6 Å². The van der Waals surface area contributed by atoms with Crippen molar-refractivity contribution < 1.29 is 9.72 Å². The van der Waals surface area contributed by atoms with E-state index in [9.17, 15) is 19.7 Å². The van der Waals surface area contributed by atoms with Crippen molar-refractivity contribution in [3.8, 4) is 11.3 Å². The van der Waals surface area contributed by atoms with E-state index in [0.717, 1.165) is 17.3 Å². The number of anilines is 1. The molecule has 0 spiro atoms. The first-order chi connectivity index (χ1) is 13.4. The van der Waals surface area contributed by atoms with E-state index in [1.807, 2.05) is 30.3 Å². The first kappa shape index (κ1) is 19.3. The molecule has 0 saturated carbocycles. The average molecular weight is 396 g/mol. The summed E-state index contributed by atoms with van der Waals surface area (Å²) in [5.41, 5.74) is 1.98. The van der Waals surface area contributed by atoms with E-state index in [4.69, 9.17) is 0 Å². The van der Waals surface area contributed by atoms with Crippen LogP contribution in [0, 0.1) is 17.0 Å². The molecule has 2 aromatic carbocycles. The molecule has 0 atom stereocenters. The molecule has 8 nitrogen and oxygen atoms in total. The number of rotatable bonds is 6. The van der Waals surface area contributed by atoms with E-state index in [1.54, 1.807) is 13.0 Å². The van der Waals surface area contributed by atoms with E-state index in [0.29, 0.717) is 22.1 Å². The van der Waals surface area contributed by atoms with Crippen molar-refractivity contribution in [1.29, 1.82) is 0 Å². The van der Waals surface area contributed by atoms with Gasteiger partial charge in [0.15, 0.2) is 5.16 Å². The third-order valence-corrected chi connectivity index (χ3v) is 4.71. The molecule has 1 heterocycles. The minimum Gasteiger partial charge on any atom is -0.325 e. The molecule has 0 bridgehead atoms. The monoisotopic (exact) mass is 396 g/mol. The third kappa shape index (κ3) is 4.83. The Morgan fingerprint density at radius 3 is 2.68 bits per heavy atom. The molecule has 0 aliphatic heterocycles. The number of amides is 1. The minimum atomic E-state index is -0.520. The summed E-state index contributed by atoms with van der Waals surface area (Å²) in [5, 5.41) is 13.9. The molecule has 0 aliphatic rings. The smallest absolute Gasteiger partial charge is 0.271 e. The van der Waals surface area contributed by atoms with Gasteiger partial charge in [0.25, 0.3) is 11.2 Å². The first-order valence-electron chi connectivity index (χ1n) is 8.27. The Bertz CT molecular complexity index is 1080. The first-order valence-corrected chi connectivity index (χ1v) is 9.25. The number of carbonyl (C=O) groups excluding carboxylic acids is 1. The van der Waals surface area contributed by atoms with E-state index < -0.39 is 4.92 Å². The van der Waals surface area contributed by atoms with Crippen LogP contribution in [0.25, 0.3) is 11.3 Å². The summed E-state index contributed by atoms with van der Waals surface area (Å²) in [4.78, 5) is 41.5. The van der Waals surface area contributed by atoms with Crippen molar-refractivity contribution >= 4 is 29.0 Å². The zero-order chi connectivity index (χ0) is 20.1. The van der Waals surface area contributed by atoms with Crippen LogP contribution in [0.15, 0.2) is 64.5 Å². The summed E-state index contributed by atoms with van der Waals surface area (Å²) in [7, 11) is 0. The number of nitro groups is 1. The highest BCUT2D eigenvalue weighted by Crippen LogP contribution is 2.23. The van der Waals surface area contributed by atoms with Crippen LogP contribution < -0.4 is 10.9 Å². The maximum absolute atomic E-state index is 12.2. The average Bonchev–Trinajstić information content (AvgIpc) is 2.68. The SMILES string of the molecule is Cc1ccc([N+](=O)[O-])cc1NC(=O)CSc1nc(-c2ccccc2)cc(=O)[nH]1. The number of nitrogens with one attached hydrogen (secondary N) is 2. The predicted octanol–water partition coefficient (Wildman–Crippen LogP) is 3.38. The molecule has 0 aliphatic carbocycles. The highest BCUT2D eigenvalue weighted by Gasteiger charge is 2.12. The fourth-order valence-electron chi connectivity index (χ4n) is 2.44. The van der Waals surface area contributed by atoms with Crippen molar-refractivity contribution in [2.75, 3.05) is 11.1 Å². The molecule has 0 saturated heterocycles. The Hall–Kier alpha value is -3.46. The molecular formula is C19H16N4O4S. The second-order valence-corrected chi connectivity index (χ2v) is 6.86. The number of benzene rings is 2. The lowest BCUT2D eigenvalue weighted by Gasteiger charge is -2.08. The largest absolute Gasteiger partial charge is 0.325 e. The number of hydrogen-bond acceptors (Lipinski definition) is 6. The summed E-state index contributed by atoms with van der Waals surface area (Å²) >= 11 is 1.07. The summed E-state index contributed by atoms with van der Waals surface area (Å²) < 4.78 is 0. The second kappa shape index (κ2) is 8.49. The van der Waals surface area contributed by atoms with Crippen LogP contribution in [-0.2, 0) is 4.79 Å². The van der Waals surface area contributed by atoms with Crippen LogP contribution in [0.4, 0.5) is 11.4 Å². The second-order valence-electron chi connectivity index (χ2n) is 5.89. The van der Waals surface area contributed by atoms with Crippen LogP contribution in [0.1, 0.15) is 5.56 Å².